The molecule has 0 fully saturated rings. The van der Waals surface area contributed by atoms with Gasteiger partial charge in [0.1, 0.15) is 29.6 Å². The normalized spacial score (nSPS) is 11.4. The highest BCUT2D eigenvalue weighted by Crippen LogP contribution is 2.24. The number of quaternary nitrogens is 1. The summed E-state index contributed by atoms with van der Waals surface area (Å²) >= 11 is 0. The summed E-state index contributed by atoms with van der Waals surface area (Å²) in [5.74, 6) is -0.629. The van der Waals surface area contributed by atoms with Crippen LogP contribution in [-0.2, 0) is 13.1 Å². The van der Waals surface area contributed by atoms with Crippen molar-refractivity contribution in [1.29, 1.82) is 5.41 Å². The highest BCUT2D eigenvalue weighted by molar-refractivity contribution is 5.99. The van der Waals surface area contributed by atoms with E-state index in [4.69, 9.17) is 11.1 Å². The lowest BCUT2D eigenvalue weighted by Gasteiger charge is -2.27. The van der Waals surface area contributed by atoms with E-state index in [0.29, 0.717) is 34.2 Å². The minimum absolute atomic E-state index is 0.0213. The van der Waals surface area contributed by atoms with Gasteiger partial charge in [-0.2, -0.15) is 0 Å². The molecule has 0 aliphatic heterocycles. The van der Waals surface area contributed by atoms with Gasteiger partial charge < -0.3 is 15.6 Å². The number of nitrogen functional groups attached to an aromatic ring is 1. The molecule has 0 atom stereocenters. The van der Waals surface area contributed by atoms with E-state index in [9.17, 15) is 9.18 Å². The van der Waals surface area contributed by atoms with Crippen LogP contribution in [0.3, 0.4) is 0 Å². The van der Waals surface area contributed by atoms with E-state index in [1.54, 1.807) is 18.2 Å². The number of amides is 1. The van der Waals surface area contributed by atoms with Crippen LogP contribution < -0.4 is 15.5 Å². The van der Waals surface area contributed by atoms with Crippen LogP contribution in [0.15, 0.2) is 85.5 Å². The maximum absolute atomic E-state index is 13.9. The molecular formula is C29H31FN5O+. The van der Waals surface area contributed by atoms with Crippen molar-refractivity contribution >= 4 is 28.3 Å². The quantitative estimate of drug-likeness (QED) is 0.138. The van der Waals surface area contributed by atoms with Crippen LogP contribution >= 0.6 is 0 Å². The highest BCUT2D eigenvalue weighted by atomic mass is 19.1. The fourth-order valence-corrected chi connectivity index (χ4v) is 4.34. The number of nitrogens with one attached hydrogen (secondary N) is 2. The number of aromatic nitrogens is 1. The van der Waals surface area contributed by atoms with Gasteiger partial charge in [-0.3, -0.25) is 14.7 Å². The second kappa shape index (κ2) is 10.2. The third-order valence-electron chi connectivity index (χ3n) is 6.35. The zero-order chi connectivity index (χ0) is 25.9. The number of nitrogens with zero attached hydrogens (tertiary/aromatic N) is 2. The smallest absolute Gasteiger partial charge is 0.268 e. The van der Waals surface area contributed by atoms with Crippen LogP contribution in [0.25, 0.3) is 10.9 Å². The number of benzene rings is 3. The SMILES string of the molecule is C=CC[N+](C)(C)c1ccc(CNC(=O)c2cc3cc(F)ccc3n2Cc2cccc(C(=N)N)c2)cc1. The number of nitrogens with two attached hydrogens (primary N) is 1. The van der Waals surface area contributed by atoms with Crippen LogP contribution in [0.2, 0.25) is 0 Å². The van der Waals surface area contributed by atoms with Gasteiger partial charge in [-0.15, -0.1) is 0 Å². The van der Waals surface area contributed by atoms with Gasteiger partial charge in [0.25, 0.3) is 5.91 Å². The van der Waals surface area contributed by atoms with E-state index in [1.807, 2.05) is 41.0 Å². The van der Waals surface area contributed by atoms with E-state index < -0.39 is 0 Å². The molecular weight excluding hydrogens is 453 g/mol. The maximum Gasteiger partial charge on any atom is 0.268 e. The molecule has 0 bridgehead atoms. The fourth-order valence-electron chi connectivity index (χ4n) is 4.34. The highest BCUT2D eigenvalue weighted by Gasteiger charge is 2.18. The summed E-state index contributed by atoms with van der Waals surface area (Å²) in [5.41, 5.74) is 10.5. The molecule has 0 aliphatic carbocycles. The average molecular weight is 485 g/mol. The Morgan fingerprint density at radius 3 is 2.53 bits per heavy atom. The van der Waals surface area contributed by atoms with Crippen molar-refractivity contribution in [3.05, 3.63) is 114 Å². The maximum atomic E-state index is 13.9. The van der Waals surface area contributed by atoms with E-state index >= 15 is 0 Å². The van der Waals surface area contributed by atoms with Gasteiger partial charge in [0.2, 0.25) is 0 Å². The van der Waals surface area contributed by atoms with Crippen LogP contribution in [-0.4, -0.2) is 36.9 Å². The number of fused-ring (bicyclic) bond motifs is 1. The molecule has 4 aromatic rings. The van der Waals surface area contributed by atoms with Crippen LogP contribution in [0, 0.1) is 11.2 Å². The molecule has 1 heterocycles. The summed E-state index contributed by atoms with van der Waals surface area (Å²) in [6, 6.07) is 21.7. The van der Waals surface area contributed by atoms with Crippen LogP contribution in [0.4, 0.5) is 10.1 Å². The van der Waals surface area contributed by atoms with Crippen molar-refractivity contribution in [2.45, 2.75) is 13.1 Å². The molecule has 36 heavy (non-hydrogen) atoms. The molecule has 6 nitrogen and oxygen atoms in total. The Balaban J connectivity index is 1.58. The van der Waals surface area contributed by atoms with Gasteiger partial charge in [-0.1, -0.05) is 36.9 Å². The van der Waals surface area contributed by atoms with Gasteiger partial charge in [-0.25, -0.2) is 4.39 Å². The predicted octanol–water partition coefficient (Wildman–Crippen LogP) is 4.80. The minimum atomic E-state index is -0.358. The zero-order valence-electron chi connectivity index (χ0n) is 20.6. The third-order valence-corrected chi connectivity index (χ3v) is 6.35. The molecule has 0 unspecified atom stereocenters. The lowest BCUT2D eigenvalue weighted by atomic mass is 10.1. The molecule has 1 amide bonds. The number of hydrogen-bond acceptors (Lipinski definition) is 2. The molecule has 0 aliphatic rings. The van der Waals surface area contributed by atoms with E-state index in [2.05, 4.69) is 38.1 Å². The Hall–Kier alpha value is -4.23. The zero-order valence-corrected chi connectivity index (χ0v) is 20.6. The summed E-state index contributed by atoms with van der Waals surface area (Å²) < 4.78 is 16.5. The summed E-state index contributed by atoms with van der Waals surface area (Å²) in [6.45, 7) is 5.39. The first-order chi connectivity index (χ1) is 17.2. The fraction of sp³-hybridized carbons (Fsp3) is 0.172. The minimum Gasteiger partial charge on any atom is -0.384 e. The Bertz CT molecular complexity index is 1440. The van der Waals surface area contributed by atoms with Crippen LogP contribution in [0.5, 0.6) is 0 Å². The average Bonchev–Trinajstić information content (AvgIpc) is 3.20. The lowest BCUT2D eigenvalue weighted by Crippen LogP contribution is -2.40. The number of carbonyl (C=O) groups is 1. The molecule has 0 saturated carbocycles. The number of rotatable bonds is 9. The number of halogens is 1. The molecule has 0 spiro atoms. The van der Waals surface area contributed by atoms with E-state index in [0.717, 1.165) is 28.9 Å². The summed E-state index contributed by atoms with van der Waals surface area (Å²) in [7, 11) is 4.23. The number of likely N-dealkylation sites (N-methyl/N-ethyl adjacent to an activating group) is 1. The van der Waals surface area contributed by atoms with Crippen molar-refractivity contribution in [2.24, 2.45) is 5.73 Å². The number of carbonyl (C=O) groups excluding carboxylic acids is 1. The van der Waals surface area contributed by atoms with Gasteiger partial charge in [0.15, 0.2) is 0 Å². The van der Waals surface area contributed by atoms with Crippen molar-refractivity contribution in [3.63, 3.8) is 0 Å². The summed E-state index contributed by atoms with van der Waals surface area (Å²) in [6.07, 6.45) is 1.90. The number of amidine groups is 1. The summed E-state index contributed by atoms with van der Waals surface area (Å²) in [5, 5.41) is 11.4. The molecule has 3 aromatic carbocycles. The summed E-state index contributed by atoms with van der Waals surface area (Å²) in [4.78, 5) is 13.3. The molecule has 0 radical (unpaired) electrons. The van der Waals surface area contributed by atoms with Gasteiger partial charge in [0, 0.05) is 29.6 Å². The van der Waals surface area contributed by atoms with E-state index in [-0.39, 0.29) is 17.6 Å². The predicted molar refractivity (Wildman–Crippen MR) is 145 cm³/mol. The Labute approximate surface area is 210 Å². The Morgan fingerprint density at radius 2 is 1.83 bits per heavy atom. The standard InChI is InChI=1S/C29H30FN5O/c1-4-14-35(2,3)25-11-8-20(9-12-25)18-33-29(36)27-17-23-16-24(30)10-13-26(23)34(27)19-21-6-5-7-22(15-21)28(31)32/h4-13,15-17H,1,14,18-19H2,2-3H3,(H3-,31,32,33,36)/p+1. The second-order valence-corrected chi connectivity index (χ2v) is 9.44. The van der Waals surface area contributed by atoms with Crippen molar-refractivity contribution in [2.75, 3.05) is 20.6 Å². The largest absolute Gasteiger partial charge is 0.384 e. The topological polar surface area (TPSA) is 83.9 Å². The molecule has 1 aromatic heterocycles. The van der Waals surface area contributed by atoms with Gasteiger partial charge in [0.05, 0.1) is 14.1 Å². The van der Waals surface area contributed by atoms with Crippen LogP contribution in [0.1, 0.15) is 27.2 Å². The van der Waals surface area contributed by atoms with Crippen molar-refractivity contribution in [3.8, 4) is 0 Å². The first-order valence-electron chi connectivity index (χ1n) is 11.7. The first kappa shape index (κ1) is 24.9. The first-order valence-corrected chi connectivity index (χ1v) is 11.7. The molecule has 4 rings (SSSR count). The number of hydrogen-bond donors (Lipinski definition) is 3. The molecule has 0 saturated heterocycles. The van der Waals surface area contributed by atoms with Gasteiger partial charge in [-0.05, 0) is 59.7 Å². The second-order valence-electron chi connectivity index (χ2n) is 9.44. The Kier molecular flexibility index (Phi) is 7.03. The van der Waals surface area contributed by atoms with Crippen molar-refractivity contribution < 1.29 is 9.18 Å². The monoisotopic (exact) mass is 484 g/mol. The van der Waals surface area contributed by atoms with Gasteiger partial charge >= 0.3 is 0 Å². The molecule has 4 N–H and O–H groups in total. The third kappa shape index (κ3) is 5.37. The van der Waals surface area contributed by atoms with E-state index in [1.165, 1.54) is 12.1 Å². The van der Waals surface area contributed by atoms with Crippen molar-refractivity contribution in [1.82, 2.24) is 14.4 Å². The Morgan fingerprint density at radius 1 is 1.08 bits per heavy atom. The molecule has 7 heteroatoms. The lowest BCUT2D eigenvalue weighted by molar-refractivity contribution is 0.0942. The molecule has 184 valence electrons.